The molecule has 0 atom stereocenters. The number of benzene rings is 1. The van der Waals surface area contributed by atoms with Crippen molar-refractivity contribution < 1.29 is 19.1 Å². The molecule has 8 nitrogen and oxygen atoms in total. The first-order valence-corrected chi connectivity index (χ1v) is 7.25. The summed E-state index contributed by atoms with van der Waals surface area (Å²) in [4.78, 5) is 6.18. The van der Waals surface area contributed by atoms with Crippen LogP contribution in [0.15, 0.2) is 22.7 Å². The molecule has 2 rings (SSSR count). The Morgan fingerprint density at radius 1 is 1.25 bits per heavy atom. The smallest absolute Gasteiger partial charge is 0.240 e. The molecule has 0 aliphatic carbocycles. The fraction of sp³-hybridized carbons (Fsp3) is 0.467. The highest BCUT2D eigenvalue weighted by molar-refractivity contribution is 5.85. The van der Waals surface area contributed by atoms with Crippen LogP contribution in [-0.4, -0.2) is 47.5 Å². The first-order chi connectivity index (χ1) is 11.2. The number of halogens is 1. The zero-order valence-corrected chi connectivity index (χ0v) is 14.6. The molecule has 1 aromatic heterocycles. The van der Waals surface area contributed by atoms with Crippen LogP contribution in [0.4, 0.5) is 0 Å². The number of hydrogen-bond donors (Lipinski definition) is 2. The maximum Gasteiger partial charge on any atom is 0.240 e. The Labute approximate surface area is 147 Å². The van der Waals surface area contributed by atoms with Crippen molar-refractivity contribution in [2.45, 2.75) is 19.6 Å². The molecule has 134 valence electrons. The van der Waals surface area contributed by atoms with Gasteiger partial charge in [-0.25, -0.2) is 0 Å². The Morgan fingerprint density at radius 2 is 2.04 bits per heavy atom. The van der Waals surface area contributed by atoms with Crippen molar-refractivity contribution in [3.8, 4) is 11.5 Å². The minimum atomic E-state index is 0. The van der Waals surface area contributed by atoms with E-state index in [9.17, 15) is 5.11 Å². The van der Waals surface area contributed by atoms with Crippen LogP contribution in [0, 0.1) is 0 Å². The summed E-state index contributed by atoms with van der Waals surface area (Å²) in [6.07, 6.45) is 0. The van der Waals surface area contributed by atoms with Gasteiger partial charge in [0.1, 0.15) is 11.5 Å². The van der Waals surface area contributed by atoms with Crippen LogP contribution in [0.3, 0.4) is 0 Å². The summed E-state index contributed by atoms with van der Waals surface area (Å²) in [7, 11) is 3.22. The van der Waals surface area contributed by atoms with Crippen LogP contribution in [0.5, 0.6) is 11.5 Å². The third-order valence-corrected chi connectivity index (χ3v) is 3.35. The number of aliphatic hydroxyl groups is 1. The van der Waals surface area contributed by atoms with Crippen molar-refractivity contribution in [3.05, 3.63) is 35.5 Å². The second-order valence-corrected chi connectivity index (χ2v) is 4.92. The fourth-order valence-corrected chi connectivity index (χ4v) is 2.22. The van der Waals surface area contributed by atoms with Crippen molar-refractivity contribution in [1.29, 1.82) is 0 Å². The normalized spacial score (nSPS) is 10.5. The van der Waals surface area contributed by atoms with Gasteiger partial charge in [-0.2, -0.15) is 4.98 Å². The molecular formula is C15H23ClN4O4. The maximum atomic E-state index is 9.28. The third kappa shape index (κ3) is 5.34. The average Bonchev–Trinajstić information content (AvgIpc) is 3.03. The first kappa shape index (κ1) is 20.2. The lowest BCUT2D eigenvalue weighted by atomic mass is 10.1. The van der Waals surface area contributed by atoms with E-state index in [0.717, 1.165) is 17.1 Å². The molecule has 0 fully saturated rings. The van der Waals surface area contributed by atoms with Crippen molar-refractivity contribution in [1.82, 2.24) is 15.0 Å². The number of aromatic nitrogens is 2. The molecule has 1 heterocycles. The molecule has 3 N–H and O–H groups in total. The number of aliphatic hydroxyl groups excluding tert-OH is 1. The monoisotopic (exact) mass is 358 g/mol. The zero-order valence-electron chi connectivity index (χ0n) is 13.8. The van der Waals surface area contributed by atoms with E-state index in [4.69, 9.17) is 19.7 Å². The number of ether oxygens (including phenoxy) is 2. The van der Waals surface area contributed by atoms with E-state index in [1.165, 1.54) is 0 Å². The molecule has 9 heteroatoms. The van der Waals surface area contributed by atoms with Gasteiger partial charge < -0.3 is 24.8 Å². The number of nitrogens with zero attached hydrogens (tertiary/aromatic N) is 3. The largest absolute Gasteiger partial charge is 0.497 e. The van der Waals surface area contributed by atoms with Crippen LogP contribution in [0.25, 0.3) is 0 Å². The van der Waals surface area contributed by atoms with E-state index in [1.54, 1.807) is 14.2 Å². The number of rotatable bonds is 9. The van der Waals surface area contributed by atoms with E-state index < -0.39 is 0 Å². The van der Waals surface area contributed by atoms with Gasteiger partial charge in [0.15, 0.2) is 5.82 Å². The van der Waals surface area contributed by atoms with E-state index >= 15 is 0 Å². The van der Waals surface area contributed by atoms with Gasteiger partial charge >= 0.3 is 0 Å². The summed E-state index contributed by atoms with van der Waals surface area (Å²) < 4.78 is 15.6. The molecule has 0 amide bonds. The number of methoxy groups -OCH3 is 2. The molecule has 2 aromatic rings. The quantitative estimate of drug-likeness (QED) is 0.682. The number of nitrogens with two attached hydrogens (primary N) is 1. The van der Waals surface area contributed by atoms with Crippen LogP contribution >= 0.6 is 12.4 Å². The molecule has 0 unspecified atom stereocenters. The molecule has 0 aliphatic rings. The van der Waals surface area contributed by atoms with Crippen molar-refractivity contribution >= 4 is 12.4 Å². The zero-order chi connectivity index (χ0) is 16.7. The highest BCUT2D eigenvalue weighted by Gasteiger charge is 2.14. The Balaban J connectivity index is 0.00000288. The lowest BCUT2D eigenvalue weighted by Crippen LogP contribution is -2.26. The predicted molar refractivity (Wildman–Crippen MR) is 90.2 cm³/mol. The summed E-state index contributed by atoms with van der Waals surface area (Å²) in [5.41, 5.74) is 6.44. The second kappa shape index (κ2) is 10.1. The van der Waals surface area contributed by atoms with Crippen molar-refractivity contribution in [3.63, 3.8) is 0 Å². The summed E-state index contributed by atoms with van der Waals surface area (Å²) in [6.45, 7) is 1.72. The van der Waals surface area contributed by atoms with Crippen LogP contribution in [0.1, 0.15) is 17.3 Å². The van der Waals surface area contributed by atoms with Crippen LogP contribution < -0.4 is 15.2 Å². The topological polar surface area (TPSA) is 107 Å². The summed E-state index contributed by atoms with van der Waals surface area (Å²) in [5, 5.41) is 13.2. The summed E-state index contributed by atoms with van der Waals surface area (Å²) >= 11 is 0. The fourth-order valence-electron chi connectivity index (χ4n) is 2.22. The minimum Gasteiger partial charge on any atom is -0.497 e. The van der Waals surface area contributed by atoms with E-state index in [-0.39, 0.29) is 25.6 Å². The van der Waals surface area contributed by atoms with Gasteiger partial charge in [0.2, 0.25) is 5.89 Å². The van der Waals surface area contributed by atoms with Crippen LogP contribution in [-0.2, 0) is 19.6 Å². The molecule has 0 aliphatic heterocycles. The third-order valence-electron chi connectivity index (χ3n) is 3.35. The maximum absolute atomic E-state index is 9.28. The van der Waals surface area contributed by atoms with E-state index in [1.807, 2.05) is 23.1 Å². The van der Waals surface area contributed by atoms with E-state index in [0.29, 0.717) is 31.3 Å². The molecule has 1 aromatic carbocycles. The van der Waals surface area contributed by atoms with Gasteiger partial charge in [0.05, 0.1) is 33.9 Å². The molecule has 0 saturated heterocycles. The number of hydrogen-bond acceptors (Lipinski definition) is 8. The lowest BCUT2D eigenvalue weighted by molar-refractivity contribution is 0.178. The van der Waals surface area contributed by atoms with Gasteiger partial charge in [-0.15, -0.1) is 12.4 Å². The molecule has 0 saturated carbocycles. The van der Waals surface area contributed by atoms with Gasteiger partial charge in [-0.05, 0) is 6.07 Å². The Kier molecular flexibility index (Phi) is 8.48. The molecular weight excluding hydrogens is 336 g/mol. The molecule has 24 heavy (non-hydrogen) atoms. The highest BCUT2D eigenvalue weighted by atomic mass is 35.5. The van der Waals surface area contributed by atoms with Gasteiger partial charge in [-0.1, -0.05) is 11.2 Å². The molecule has 0 spiro atoms. The highest BCUT2D eigenvalue weighted by Crippen LogP contribution is 2.26. The lowest BCUT2D eigenvalue weighted by Gasteiger charge is -2.21. The first-order valence-electron chi connectivity index (χ1n) is 7.25. The summed E-state index contributed by atoms with van der Waals surface area (Å²) in [6, 6.07) is 5.63. The van der Waals surface area contributed by atoms with Gasteiger partial charge in [-0.3, -0.25) is 4.90 Å². The van der Waals surface area contributed by atoms with Crippen molar-refractivity contribution in [2.75, 3.05) is 27.4 Å². The molecule has 0 radical (unpaired) electrons. The average molecular weight is 359 g/mol. The standard InChI is InChI=1S/C15H22N4O4.ClH/c1-21-12-4-3-11(13(7-12)22-2)9-19(5-6-20)10-14-17-15(8-16)23-18-14;/h3-4,7,20H,5-6,8-10,16H2,1-2H3;1H. The van der Waals surface area contributed by atoms with E-state index in [2.05, 4.69) is 10.1 Å². The Morgan fingerprint density at radius 3 is 2.62 bits per heavy atom. The Bertz CT molecular complexity index is 623. The van der Waals surface area contributed by atoms with Crippen LogP contribution in [0.2, 0.25) is 0 Å². The van der Waals surface area contributed by atoms with Gasteiger partial charge in [0.25, 0.3) is 0 Å². The Hall–Kier alpha value is -1.87. The van der Waals surface area contributed by atoms with Crippen molar-refractivity contribution in [2.24, 2.45) is 5.73 Å². The second-order valence-electron chi connectivity index (χ2n) is 4.92. The SMILES string of the molecule is COc1ccc(CN(CCO)Cc2noc(CN)n2)c(OC)c1.Cl. The summed E-state index contributed by atoms with van der Waals surface area (Å²) in [5.74, 6) is 2.38. The molecule has 0 bridgehead atoms. The minimum absolute atomic E-state index is 0. The van der Waals surface area contributed by atoms with Gasteiger partial charge in [0, 0.05) is 24.7 Å². The predicted octanol–water partition coefficient (Wildman–Crippen LogP) is 0.962.